The zero-order valence-corrected chi connectivity index (χ0v) is 11.3. The van der Waals surface area contributed by atoms with Crippen LogP contribution in [-0.2, 0) is 4.74 Å². The summed E-state index contributed by atoms with van der Waals surface area (Å²) in [6.07, 6.45) is 5.56. The number of hydrogen-bond donors (Lipinski definition) is 2. The Balaban J connectivity index is 3.11. The Morgan fingerprint density at radius 2 is 1.87 bits per heavy atom. The van der Waals surface area contributed by atoms with E-state index in [9.17, 15) is 0 Å². The van der Waals surface area contributed by atoms with Gasteiger partial charge in [0.05, 0.1) is 0 Å². The molecule has 0 aliphatic rings. The van der Waals surface area contributed by atoms with Crippen LogP contribution in [0.4, 0.5) is 0 Å². The molecule has 90 valence electrons. The molecule has 0 atom stereocenters. The Hall–Kier alpha value is 0. The smallest absolute Gasteiger partial charge is 0.166 e. The normalized spacial score (nSPS) is 10.0. The van der Waals surface area contributed by atoms with Crippen molar-refractivity contribution in [2.24, 2.45) is 0 Å². The Bertz CT molecular complexity index is 156. The quantitative estimate of drug-likeness (QED) is 0.480. The van der Waals surface area contributed by atoms with E-state index in [4.69, 9.17) is 17.0 Å². The molecule has 0 aliphatic carbocycles. The van der Waals surface area contributed by atoms with Crippen molar-refractivity contribution >= 4 is 29.1 Å². The number of nitrogens with one attached hydrogen (secondary N) is 2. The van der Waals surface area contributed by atoms with Crippen LogP contribution in [0, 0.1) is 0 Å². The van der Waals surface area contributed by atoms with Crippen LogP contribution in [-0.4, -0.2) is 43.9 Å². The molecule has 0 radical (unpaired) electrons. The van der Waals surface area contributed by atoms with Gasteiger partial charge in [0.1, 0.15) is 0 Å². The lowest BCUT2D eigenvalue weighted by atomic mass is 10.3. The van der Waals surface area contributed by atoms with Crippen LogP contribution in [0.25, 0.3) is 0 Å². The van der Waals surface area contributed by atoms with Gasteiger partial charge in [-0.2, -0.15) is 11.8 Å². The van der Waals surface area contributed by atoms with Crippen molar-refractivity contribution in [3.05, 3.63) is 0 Å². The number of methoxy groups -OCH3 is 1. The number of thioether (sulfide) groups is 1. The van der Waals surface area contributed by atoms with E-state index in [2.05, 4.69) is 16.9 Å². The van der Waals surface area contributed by atoms with Gasteiger partial charge in [-0.05, 0) is 43.5 Å². The lowest BCUT2D eigenvalue weighted by molar-refractivity contribution is 0.195. The van der Waals surface area contributed by atoms with Crippen molar-refractivity contribution < 1.29 is 4.74 Å². The molecule has 0 aromatic carbocycles. The van der Waals surface area contributed by atoms with Crippen LogP contribution >= 0.6 is 24.0 Å². The first kappa shape index (κ1) is 15.0. The molecule has 0 aromatic rings. The highest BCUT2D eigenvalue weighted by molar-refractivity contribution is 7.98. The molecule has 0 bridgehead atoms. The first-order chi connectivity index (χ1) is 7.31. The summed E-state index contributed by atoms with van der Waals surface area (Å²) >= 11 is 7.00. The van der Waals surface area contributed by atoms with E-state index in [1.807, 2.05) is 11.8 Å². The van der Waals surface area contributed by atoms with Crippen LogP contribution in [0.15, 0.2) is 0 Å². The van der Waals surface area contributed by atoms with Gasteiger partial charge in [-0.3, -0.25) is 0 Å². The minimum atomic E-state index is 0.759. The van der Waals surface area contributed by atoms with Crippen LogP contribution in [0.5, 0.6) is 0 Å². The summed E-state index contributed by atoms with van der Waals surface area (Å²) in [5.74, 6) is 1.23. The van der Waals surface area contributed by atoms with Gasteiger partial charge in [0.2, 0.25) is 0 Å². The Morgan fingerprint density at radius 1 is 1.20 bits per heavy atom. The molecule has 0 rings (SSSR count). The van der Waals surface area contributed by atoms with Crippen LogP contribution < -0.4 is 10.6 Å². The molecule has 5 heteroatoms. The molecule has 0 aromatic heterocycles. The lowest BCUT2D eigenvalue weighted by Gasteiger charge is -2.09. The number of rotatable bonds is 9. The second kappa shape index (κ2) is 12.1. The molecule has 0 heterocycles. The highest BCUT2D eigenvalue weighted by Crippen LogP contribution is 1.97. The third-order valence-electron chi connectivity index (χ3n) is 1.87. The summed E-state index contributed by atoms with van der Waals surface area (Å²) in [5, 5.41) is 7.09. The van der Waals surface area contributed by atoms with E-state index >= 15 is 0 Å². The monoisotopic (exact) mass is 250 g/mol. The summed E-state index contributed by atoms with van der Waals surface area (Å²) in [6.45, 7) is 2.63. The topological polar surface area (TPSA) is 33.3 Å². The molecule has 0 spiro atoms. The highest BCUT2D eigenvalue weighted by Gasteiger charge is 1.94. The SMILES string of the molecule is COCCCNC(=S)NCCCCSC. The molecule has 0 unspecified atom stereocenters. The molecule has 0 aliphatic heterocycles. The molecule has 0 amide bonds. The van der Waals surface area contributed by atoms with E-state index in [0.717, 1.165) is 31.2 Å². The first-order valence-electron chi connectivity index (χ1n) is 5.31. The maximum Gasteiger partial charge on any atom is 0.166 e. The van der Waals surface area contributed by atoms with Gasteiger partial charge in [-0.25, -0.2) is 0 Å². The van der Waals surface area contributed by atoms with Gasteiger partial charge in [0.15, 0.2) is 5.11 Å². The fourth-order valence-corrected chi connectivity index (χ4v) is 1.75. The summed E-state index contributed by atoms with van der Waals surface area (Å²) in [5.41, 5.74) is 0. The molecule has 0 fully saturated rings. The van der Waals surface area contributed by atoms with Gasteiger partial charge in [0, 0.05) is 26.8 Å². The number of thiocarbonyl (C=S) groups is 1. The Labute approximate surface area is 103 Å². The van der Waals surface area contributed by atoms with Gasteiger partial charge in [-0.15, -0.1) is 0 Å². The minimum Gasteiger partial charge on any atom is -0.385 e. The van der Waals surface area contributed by atoms with Crippen molar-refractivity contribution in [2.75, 3.05) is 38.8 Å². The van der Waals surface area contributed by atoms with Crippen molar-refractivity contribution in [1.82, 2.24) is 10.6 Å². The second-order valence-electron chi connectivity index (χ2n) is 3.23. The average Bonchev–Trinajstić information content (AvgIpc) is 2.24. The van der Waals surface area contributed by atoms with Crippen LogP contribution in [0.3, 0.4) is 0 Å². The molecule has 0 saturated heterocycles. The van der Waals surface area contributed by atoms with Gasteiger partial charge >= 0.3 is 0 Å². The van der Waals surface area contributed by atoms with E-state index < -0.39 is 0 Å². The first-order valence-corrected chi connectivity index (χ1v) is 7.11. The summed E-state index contributed by atoms with van der Waals surface area (Å²) < 4.78 is 4.94. The lowest BCUT2D eigenvalue weighted by Crippen LogP contribution is -2.36. The molecule has 3 nitrogen and oxygen atoms in total. The molecular formula is C10H22N2OS2. The van der Waals surface area contributed by atoms with Crippen molar-refractivity contribution in [2.45, 2.75) is 19.3 Å². The molecular weight excluding hydrogens is 228 g/mol. The van der Waals surface area contributed by atoms with Crippen molar-refractivity contribution in [1.29, 1.82) is 0 Å². The zero-order chi connectivity index (χ0) is 11.4. The average molecular weight is 250 g/mol. The maximum atomic E-state index is 5.11. The Kier molecular flexibility index (Phi) is 12.1. The van der Waals surface area contributed by atoms with Gasteiger partial charge in [0.25, 0.3) is 0 Å². The number of hydrogen-bond acceptors (Lipinski definition) is 3. The fraction of sp³-hybridized carbons (Fsp3) is 0.900. The van der Waals surface area contributed by atoms with E-state index in [0.29, 0.717) is 0 Å². The maximum absolute atomic E-state index is 5.11. The predicted molar refractivity (Wildman–Crippen MR) is 72.7 cm³/mol. The zero-order valence-electron chi connectivity index (χ0n) is 9.67. The van der Waals surface area contributed by atoms with E-state index in [1.165, 1.54) is 18.6 Å². The van der Waals surface area contributed by atoms with Crippen molar-refractivity contribution in [3.8, 4) is 0 Å². The number of unbranched alkanes of at least 4 members (excludes halogenated alkanes) is 1. The van der Waals surface area contributed by atoms with Crippen LogP contribution in [0.2, 0.25) is 0 Å². The van der Waals surface area contributed by atoms with E-state index in [1.54, 1.807) is 7.11 Å². The highest BCUT2D eigenvalue weighted by atomic mass is 32.2. The Morgan fingerprint density at radius 3 is 2.47 bits per heavy atom. The van der Waals surface area contributed by atoms with Gasteiger partial charge in [-0.1, -0.05) is 0 Å². The van der Waals surface area contributed by atoms with Gasteiger partial charge < -0.3 is 15.4 Å². The summed E-state index contributed by atoms with van der Waals surface area (Å²) in [4.78, 5) is 0. The third kappa shape index (κ3) is 11.9. The molecule has 2 N–H and O–H groups in total. The predicted octanol–water partition coefficient (Wildman–Crippen LogP) is 1.63. The largest absolute Gasteiger partial charge is 0.385 e. The van der Waals surface area contributed by atoms with Crippen LogP contribution in [0.1, 0.15) is 19.3 Å². The summed E-state index contributed by atoms with van der Waals surface area (Å²) in [6, 6.07) is 0. The van der Waals surface area contributed by atoms with E-state index in [-0.39, 0.29) is 0 Å². The fourth-order valence-electron chi connectivity index (χ4n) is 1.05. The minimum absolute atomic E-state index is 0.759. The molecule has 0 saturated carbocycles. The standard InChI is InChI=1S/C10H22N2OS2/c1-13-8-5-7-12-10(14)11-6-3-4-9-15-2/h3-9H2,1-2H3,(H2,11,12,14). The summed E-state index contributed by atoms with van der Waals surface area (Å²) in [7, 11) is 1.71. The molecule has 15 heavy (non-hydrogen) atoms. The number of ether oxygens (including phenoxy) is 1. The third-order valence-corrected chi connectivity index (χ3v) is 2.86. The second-order valence-corrected chi connectivity index (χ2v) is 4.62. The van der Waals surface area contributed by atoms with Crippen molar-refractivity contribution in [3.63, 3.8) is 0 Å².